The molecule has 106 valence electrons. The molecule has 0 aromatic rings. The molecule has 2 aliphatic rings. The maximum Gasteiger partial charge on any atom is 0.0655 e. The summed E-state index contributed by atoms with van der Waals surface area (Å²) in [5.41, 5.74) is 0.788. The summed E-state index contributed by atoms with van der Waals surface area (Å²) in [6, 6.07) is 1.32. The maximum atomic E-state index is 5.81. The summed E-state index contributed by atoms with van der Waals surface area (Å²) in [7, 11) is 0. The minimum Gasteiger partial charge on any atom is -0.378 e. The van der Waals surface area contributed by atoms with Crippen LogP contribution in [0.1, 0.15) is 47.5 Å². The molecular formula is C15H29NOS. The molecule has 2 rings (SSSR count). The Balaban J connectivity index is 1.84. The zero-order valence-corrected chi connectivity index (χ0v) is 13.4. The lowest BCUT2D eigenvalue weighted by molar-refractivity contribution is -0.116. The molecule has 1 saturated carbocycles. The van der Waals surface area contributed by atoms with E-state index >= 15 is 0 Å². The van der Waals surface area contributed by atoms with E-state index in [1.54, 1.807) is 0 Å². The summed E-state index contributed by atoms with van der Waals surface area (Å²) in [6.07, 6.45) is 2.94. The number of rotatable bonds is 4. The lowest BCUT2D eigenvalue weighted by atomic mass is 9.64. The van der Waals surface area contributed by atoms with Gasteiger partial charge in [0.1, 0.15) is 0 Å². The van der Waals surface area contributed by atoms with E-state index in [-0.39, 0.29) is 0 Å². The lowest BCUT2D eigenvalue weighted by Gasteiger charge is -2.53. The standard InChI is InChI=1S/C15H29NOS/c1-6-17-13-7-12(15(13,4)5)16-11-8-14(2,3)10-18-9-11/h11-13,16H,6-10H2,1-5H3. The highest BCUT2D eigenvalue weighted by atomic mass is 32.2. The summed E-state index contributed by atoms with van der Waals surface area (Å²) >= 11 is 2.10. The summed E-state index contributed by atoms with van der Waals surface area (Å²) in [4.78, 5) is 0. The molecule has 1 heterocycles. The Labute approximate surface area is 117 Å². The first-order chi connectivity index (χ1) is 8.35. The number of ether oxygens (including phenoxy) is 1. The molecule has 1 N–H and O–H groups in total. The van der Waals surface area contributed by atoms with Crippen LogP contribution in [0.5, 0.6) is 0 Å². The SMILES string of the molecule is CCOC1CC(NC2CSCC(C)(C)C2)C1(C)C. The van der Waals surface area contributed by atoms with Crippen LogP contribution in [0, 0.1) is 10.8 Å². The Morgan fingerprint density at radius 3 is 2.56 bits per heavy atom. The van der Waals surface area contributed by atoms with Crippen molar-refractivity contribution in [1.82, 2.24) is 5.32 Å². The summed E-state index contributed by atoms with van der Waals surface area (Å²) in [5.74, 6) is 2.58. The van der Waals surface area contributed by atoms with Crippen LogP contribution in [-0.2, 0) is 4.74 Å². The molecule has 1 saturated heterocycles. The van der Waals surface area contributed by atoms with E-state index in [9.17, 15) is 0 Å². The van der Waals surface area contributed by atoms with Gasteiger partial charge in [-0.1, -0.05) is 27.7 Å². The smallest absolute Gasteiger partial charge is 0.0655 e. The molecule has 3 heteroatoms. The molecule has 0 amide bonds. The second-order valence-electron chi connectivity index (χ2n) is 7.30. The molecule has 0 bridgehead atoms. The topological polar surface area (TPSA) is 21.3 Å². The van der Waals surface area contributed by atoms with Gasteiger partial charge in [0, 0.05) is 29.9 Å². The third kappa shape index (κ3) is 3.05. The second kappa shape index (κ2) is 5.34. The zero-order valence-electron chi connectivity index (χ0n) is 12.6. The third-order valence-electron chi connectivity index (χ3n) is 4.59. The van der Waals surface area contributed by atoms with Crippen molar-refractivity contribution in [2.24, 2.45) is 10.8 Å². The van der Waals surface area contributed by atoms with Gasteiger partial charge >= 0.3 is 0 Å². The Morgan fingerprint density at radius 2 is 2.00 bits per heavy atom. The lowest BCUT2D eigenvalue weighted by Crippen LogP contribution is -2.63. The van der Waals surface area contributed by atoms with Gasteiger partial charge in [-0.05, 0) is 30.9 Å². The number of nitrogens with one attached hydrogen (secondary N) is 1. The average Bonchev–Trinajstić information content (AvgIpc) is 2.26. The first-order valence-electron chi connectivity index (χ1n) is 7.30. The van der Waals surface area contributed by atoms with E-state index in [0.717, 1.165) is 6.61 Å². The first-order valence-corrected chi connectivity index (χ1v) is 8.46. The van der Waals surface area contributed by atoms with Crippen LogP contribution < -0.4 is 5.32 Å². The fourth-order valence-corrected chi connectivity index (χ4v) is 4.59. The normalized spacial score (nSPS) is 38.2. The number of thioether (sulfide) groups is 1. The summed E-state index contributed by atoms with van der Waals surface area (Å²) in [5, 5.41) is 3.89. The predicted octanol–water partition coefficient (Wildman–Crippen LogP) is 3.31. The highest BCUT2D eigenvalue weighted by Gasteiger charge is 2.49. The molecule has 0 radical (unpaired) electrons. The Bertz CT molecular complexity index is 290. The number of hydrogen-bond donors (Lipinski definition) is 1. The largest absolute Gasteiger partial charge is 0.378 e. The van der Waals surface area contributed by atoms with Gasteiger partial charge in [-0.15, -0.1) is 0 Å². The molecule has 0 spiro atoms. The monoisotopic (exact) mass is 271 g/mol. The van der Waals surface area contributed by atoms with Crippen molar-refractivity contribution in [1.29, 1.82) is 0 Å². The second-order valence-corrected chi connectivity index (χ2v) is 8.33. The van der Waals surface area contributed by atoms with Crippen molar-refractivity contribution in [3.05, 3.63) is 0 Å². The molecule has 1 aliphatic carbocycles. The Morgan fingerprint density at radius 1 is 1.28 bits per heavy atom. The minimum atomic E-state index is 0.294. The molecule has 3 atom stereocenters. The summed E-state index contributed by atoms with van der Waals surface area (Å²) < 4.78 is 5.81. The average molecular weight is 271 g/mol. The molecule has 2 fully saturated rings. The molecule has 1 aliphatic heterocycles. The van der Waals surface area contributed by atoms with Crippen molar-refractivity contribution in [2.75, 3.05) is 18.1 Å². The van der Waals surface area contributed by atoms with Crippen LogP contribution in [0.4, 0.5) is 0 Å². The highest BCUT2D eigenvalue weighted by Crippen LogP contribution is 2.44. The van der Waals surface area contributed by atoms with Gasteiger partial charge in [0.2, 0.25) is 0 Å². The maximum absolute atomic E-state index is 5.81. The van der Waals surface area contributed by atoms with E-state index in [4.69, 9.17) is 4.74 Å². The molecule has 3 unspecified atom stereocenters. The van der Waals surface area contributed by atoms with E-state index in [2.05, 4.69) is 51.7 Å². The van der Waals surface area contributed by atoms with Crippen LogP contribution in [0.15, 0.2) is 0 Å². The van der Waals surface area contributed by atoms with E-state index in [1.165, 1.54) is 24.3 Å². The Hall–Kier alpha value is 0.270. The molecule has 18 heavy (non-hydrogen) atoms. The van der Waals surface area contributed by atoms with Crippen LogP contribution in [-0.4, -0.2) is 36.3 Å². The van der Waals surface area contributed by atoms with E-state index in [0.29, 0.717) is 29.0 Å². The van der Waals surface area contributed by atoms with Crippen molar-refractivity contribution in [2.45, 2.75) is 65.6 Å². The molecular weight excluding hydrogens is 242 g/mol. The van der Waals surface area contributed by atoms with E-state index in [1.807, 2.05) is 0 Å². The predicted molar refractivity (Wildman–Crippen MR) is 80.2 cm³/mol. The van der Waals surface area contributed by atoms with Crippen molar-refractivity contribution < 1.29 is 4.74 Å². The fraction of sp³-hybridized carbons (Fsp3) is 1.00. The van der Waals surface area contributed by atoms with Crippen LogP contribution in [0.25, 0.3) is 0 Å². The van der Waals surface area contributed by atoms with Gasteiger partial charge < -0.3 is 10.1 Å². The van der Waals surface area contributed by atoms with Crippen LogP contribution in [0.2, 0.25) is 0 Å². The minimum absolute atomic E-state index is 0.294. The van der Waals surface area contributed by atoms with Gasteiger partial charge in [-0.25, -0.2) is 0 Å². The van der Waals surface area contributed by atoms with E-state index < -0.39 is 0 Å². The van der Waals surface area contributed by atoms with Crippen molar-refractivity contribution in [3.63, 3.8) is 0 Å². The zero-order chi connectivity index (χ0) is 13.4. The van der Waals surface area contributed by atoms with Crippen LogP contribution >= 0.6 is 11.8 Å². The van der Waals surface area contributed by atoms with Crippen molar-refractivity contribution in [3.8, 4) is 0 Å². The highest BCUT2D eigenvalue weighted by molar-refractivity contribution is 7.99. The quantitative estimate of drug-likeness (QED) is 0.847. The fourth-order valence-electron chi connectivity index (χ4n) is 3.31. The third-order valence-corrected chi connectivity index (χ3v) is 6.22. The number of hydrogen-bond acceptors (Lipinski definition) is 3. The Kier molecular flexibility index (Phi) is 4.35. The van der Waals surface area contributed by atoms with Crippen LogP contribution in [0.3, 0.4) is 0 Å². The molecule has 0 aromatic heterocycles. The first kappa shape index (κ1) is 14.7. The van der Waals surface area contributed by atoms with Gasteiger partial charge in [-0.3, -0.25) is 0 Å². The van der Waals surface area contributed by atoms with Gasteiger partial charge in [0.25, 0.3) is 0 Å². The van der Waals surface area contributed by atoms with Gasteiger partial charge in [0.05, 0.1) is 6.10 Å². The van der Waals surface area contributed by atoms with Gasteiger partial charge in [-0.2, -0.15) is 11.8 Å². The van der Waals surface area contributed by atoms with Gasteiger partial charge in [0.15, 0.2) is 0 Å². The molecule has 2 nitrogen and oxygen atoms in total. The molecule has 0 aromatic carbocycles. The summed E-state index contributed by atoms with van der Waals surface area (Å²) in [6.45, 7) is 12.4. The van der Waals surface area contributed by atoms with Crippen molar-refractivity contribution >= 4 is 11.8 Å².